The number of nitro benzene ring substituents is 1. The molecule has 0 heterocycles. The number of nitrogens with zero attached hydrogens (tertiary/aromatic N) is 1. The van der Waals surface area contributed by atoms with Gasteiger partial charge >= 0.3 is 11.9 Å². The van der Waals surface area contributed by atoms with Crippen molar-refractivity contribution in [1.29, 1.82) is 0 Å². The van der Waals surface area contributed by atoms with Crippen molar-refractivity contribution in [2.75, 3.05) is 25.9 Å². The molecule has 0 aliphatic rings. The molecule has 0 aliphatic carbocycles. The lowest BCUT2D eigenvalue weighted by Crippen LogP contribution is -2.10. The molecule has 2 rings (SSSR count). The number of carbonyl (C=O) groups excluding carboxylic acids is 2. The van der Waals surface area contributed by atoms with Gasteiger partial charge in [-0.3, -0.25) is 14.7 Å². The normalized spacial score (nSPS) is 12.5. The van der Waals surface area contributed by atoms with E-state index in [0.29, 0.717) is 5.56 Å². The van der Waals surface area contributed by atoms with Crippen LogP contribution in [0.3, 0.4) is 0 Å². The maximum absolute atomic E-state index is 13.4. The summed E-state index contributed by atoms with van der Waals surface area (Å²) in [4.78, 5) is 34.2. The number of hydrogen-bond acceptors (Lipinski definition) is 8. The Bertz CT molecular complexity index is 956. The van der Waals surface area contributed by atoms with Crippen LogP contribution >= 0.6 is 7.52 Å². The first kappa shape index (κ1) is 23.1. The van der Waals surface area contributed by atoms with E-state index in [2.05, 4.69) is 14.6 Å². The third kappa shape index (κ3) is 5.88. The number of rotatable bonds is 9. The van der Waals surface area contributed by atoms with Gasteiger partial charge < -0.3 is 19.1 Å². The zero-order valence-corrected chi connectivity index (χ0v) is 17.5. The first-order chi connectivity index (χ1) is 14.2. The summed E-state index contributed by atoms with van der Waals surface area (Å²) < 4.78 is 28.2. The average Bonchev–Trinajstić information content (AvgIpc) is 2.72. The first-order valence-corrected chi connectivity index (χ1v) is 10.6. The quantitative estimate of drug-likeness (QED) is 0.268. The molecule has 0 bridgehead atoms. The molecule has 0 amide bonds. The molecular formula is C19H21N2O8P. The second-order valence-corrected chi connectivity index (χ2v) is 8.21. The Morgan fingerprint density at radius 2 is 1.57 bits per heavy atom. The molecule has 0 aliphatic heterocycles. The third-order valence-corrected chi connectivity index (χ3v) is 6.01. The molecule has 0 saturated heterocycles. The van der Waals surface area contributed by atoms with E-state index >= 15 is 0 Å². The van der Waals surface area contributed by atoms with Gasteiger partial charge in [-0.1, -0.05) is 12.1 Å². The van der Waals surface area contributed by atoms with E-state index in [4.69, 9.17) is 4.52 Å². The molecule has 1 atom stereocenters. The van der Waals surface area contributed by atoms with Crippen LogP contribution in [-0.2, 0) is 24.7 Å². The second-order valence-electron chi connectivity index (χ2n) is 6.07. The third-order valence-electron chi connectivity index (χ3n) is 3.95. The van der Waals surface area contributed by atoms with Crippen LogP contribution in [0.1, 0.15) is 33.2 Å². The van der Waals surface area contributed by atoms with E-state index in [1.54, 1.807) is 6.92 Å². The molecule has 0 saturated carbocycles. The number of nitro groups is 1. The lowest BCUT2D eigenvalue weighted by molar-refractivity contribution is -0.384. The number of ether oxygens (including phenoxy) is 2. The second kappa shape index (κ2) is 10.00. The minimum Gasteiger partial charge on any atom is -0.465 e. The van der Waals surface area contributed by atoms with Crippen LogP contribution in [0.2, 0.25) is 0 Å². The number of hydrogen-bond donors (Lipinski definition) is 1. The largest absolute Gasteiger partial charge is 0.465 e. The monoisotopic (exact) mass is 436 g/mol. The zero-order valence-electron chi connectivity index (χ0n) is 16.6. The fourth-order valence-electron chi connectivity index (χ4n) is 2.65. The molecule has 10 nitrogen and oxygen atoms in total. The van der Waals surface area contributed by atoms with Gasteiger partial charge in [0.1, 0.15) is 0 Å². The summed E-state index contributed by atoms with van der Waals surface area (Å²) in [5.74, 6) is -1.38. The van der Waals surface area contributed by atoms with Crippen LogP contribution in [0.15, 0.2) is 42.5 Å². The van der Waals surface area contributed by atoms with Crippen molar-refractivity contribution >= 4 is 30.8 Å². The summed E-state index contributed by atoms with van der Waals surface area (Å²) in [6.07, 6.45) is -0.0746. The van der Waals surface area contributed by atoms with Gasteiger partial charge in [0.2, 0.25) is 0 Å². The lowest BCUT2D eigenvalue weighted by atomic mass is 10.1. The molecule has 160 valence electrons. The Balaban J connectivity index is 2.38. The van der Waals surface area contributed by atoms with Crippen molar-refractivity contribution in [3.63, 3.8) is 0 Å². The highest BCUT2D eigenvalue weighted by atomic mass is 31.2. The first-order valence-electron chi connectivity index (χ1n) is 8.78. The number of esters is 2. The Morgan fingerprint density at radius 3 is 2.00 bits per heavy atom. The summed E-state index contributed by atoms with van der Waals surface area (Å²) in [6, 6.07) is 9.62. The SMILES string of the molecule is CCOP(=O)(Cc1ccc([N+](=O)[O-])cc1)Nc1cc(C(=O)OC)cc(C(=O)OC)c1. The Hall–Kier alpha value is -3.23. The molecule has 0 aromatic heterocycles. The number of anilines is 1. The molecule has 2 aromatic carbocycles. The van der Waals surface area contributed by atoms with Crippen molar-refractivity contribution in [3.05, 3.63) is 69.3 Å². The summed E-state index contributed by atoms with van der Waals surface area (Å²) in [7, 11) is -1.15. The average molecular weight is 436 g/mol. The Morgan fingerprint density at radius 1 is 1.03 bits per heavy atom. The van der Waals surface area contributed by atoms with E-state index in [1.807, 2.05) is 0 Å². The number of non-ortho nitro benzene ring substituents is 1. The molecule has 11 heteroatoms. The van der Waals surface area contributed by atoms with E-state index in [1.165, 1.54) is 56.7 Å². The van der Waals surface area contributed by atoms with Gasteiger partial charge in [-0.15, -0.1) is 0 Å². The smallest absolute Gasteiger partial charge is 0.337 e. The topological polar surface area (TPSA) is 134 Å². The van der Waals surface area contributed by atoms with Gasteiger partial charge in [0.25, 0.3) is 13.2 Å². The van der Waals surface area contributed by atoms with Crippen molar-refractivity contribution in [1.82, 2.24) is 0 Å². The Labute approximate surface area is 172 Å². The maximum Gasteiger partial charge on any atom is 0.337 e. The van der Waals surface area contributed by atoms with Gasteiger partial charge in [0.15, 0.2) is 0 Å². The van der Waals surface area contributed by atoms with E-state index in [9.17, 15) is 24.3 Å². The van der Waals surface area contributed by atoms with Gasteiger partial charge in [-0.2, -0.15) is 0 Å². The van der Waals surface area contributed by atoms with Gasteiger partial charge in [0, 0.05) is 17.8 Å². The molecule has 1 unspecified atom stereocenters. The van der Waals surface area contributed by atoms with E-state index in [-0.39, 0.29) is 35.3 Å². The molecule has 0 radical (unpaired) electrons. The number of methoxy groups -OCH3 is 2. The predicted octanol–water partition coefficient (Wildman–Crippen LogP) is 4.01. The van der Waals surface area contributed by atoms with Crippen LogP contribution in [0.5, 0.6) is 0 Å². The van der Waals surface area contributed by atoms with E-state index in [0.717, 1.165) is 0 Å². The highest BCUT2D eigenvalue weighted by Gasteiger charge is 2.25. The maximum atomic E-state index is 13.4. The summed E-state index contributed by atoms with van der Waals surface area (Å²) in [6.45, 7) is 1.78. The van der Waals surface area contributed by atoms with Crippen LogP contribution in [0, 0.1) is 10.1 Å². The van der Waals surface area contributed by atoms with Crippen LogP contribution in [0.4, 0.5) is 11.4 Å². The fraction of sp³-hybridized carbons (Fsp3) is 0.263. The van der Waals surface area contributed by atoms with Crippen LogP contribution < -0.4 is 5.09 Å². The molecule has 0 fully saturated rings. The molecule has 1 N–H and O–H groups in total. The van der Waals surface area contributed by atoms with Gasteiger partial charge in [-0.05, 0) is 30.7 Å². The van der Waals surface area contributed by atoms with E-state index < -0.39 is 24.4 Å². The van der Waals surface area contributed by atoms with Crippen molar-refractivity contribution < 1.29 is 33.1 Å². The fourth-order valence-corrected chi connectivity index (χ4v) is 4.52. The minimum absolute atomic E-state index is 0.0567. The van der Waals surface area contributed by atoms with Crippen molar-refractivity contribution in [2.45, 2.75) is 13.1 Å². The predicted molar refractivity (Wildman–Crippen MR) is 109 cm³/mol. The molecule has 2 aromatic rings. The molecule has 0 spiro atoms. The number of carbonyl (C=O) groups is 2. The molecule has 30 heavy (non-hydrogen) atoms. The van der Waals surface area contributed by atoms with Crippen molar-refractivity contribution in [3.8, 4) is 0 Å². The standard InChI is InChI=1S/C19H21N2O8P/c1-4-29-30(26,12-13-5-7-17(8-6-13)21(24)25)20-16-10-14(18(22)27-2)9-15(11-16)19(23)28-3/h5-11H,4,12H2,1-3H3,(H,20,26). The summed E-state index contributed by atoms with van der Waals surface area (Å²) in [5, 5.41) is 13.6. The van der Waals surface area contributed by atoms with Crippen LogP contribution in [-0.4, -0.2) is 37.7 Å². The highest BCUT2D eigenvalue weighted by molar-refractivity contribution is 7.59. The highest BCUT2D eigenvalue weighted by Crippen LogP contribution is 2.50. The lowest BCUT2D eigenvalue weighted by Gasteiger charge is -2.21. The van der Waals surface area contributed by atoms with Gasteiger partial charge in [0.05, 0.1) is 43.0 Å². The zero-order chi connectivity index (χ0) is 22.3. The molecular weight excluding hydrogens is 415 g/mol. The van der Waals surface area contributed by atoms with Crippen LogP contribution in [0.25, 0.3) is 0 Å². The number of benzene rings is 2. The minimum atomic E-state index is -3.54. The Kier molecular flexibility index (Phi) is 7.68. The summed E-state index contributed by atoms with van der Waals surface area (Å²) >= 11 is 0. The van der Waals surface area contributed by atoms with Gasteiger partial charge in [-0.25, -0.2) is 9.59 Å². The summed E-state index contributed by atoms with van der Waals surface area (Å²) in [5.41, 5.74) is 0.758. The van der Waals surface area contributed by atoms with Crippen molar-refractivity contribution in [2.24, 2.45) is 0 Å². The number of nitrogens with one attached hydrogen (secondary N) is 1.